The van der Waals surface area contributed by atoms with Gasteiger partial charge in [0.05, 0.1) is 6.61 Å². The number of hydrogen-bond acceptors (Lipinski definition) is 3. The van der Waals surface area contributed by atoms with Gasteiger partial charge >= 0.3 is 6.09 Å². The van der Waals surface area contributed by atoms with Gasteiger partial charge in [0.15, 0.2) is 0 Å². The van der Waals surface area contributed by atoms with Gasteiger partial charge in [0, 0.05) is 7.05 Å². The molecule has 3 nitrogen and oxygen atoms in total. The molecule has 0 unspecified atom stereocenters. The Labute approximate surface area is 66.5 Å². The van der Waals surface area contributed by atoms with Gasteiger partial charge in [0.2, 0.25) is 0 Å². The van der Waals surface area contributed by atoms with Crippen molar-refractivity contribution in [3.63, 3.8) is 0 Å². The second-order valence-electron chi connectivity index (χ2n) is 1.82. The van der Waals surface area contributed by atoms with Crippen molar-refractivity contribution in [2.45, 2.75) is 12.8 Å². The predicted molar refractivity (Wildman–Crippen MR) is 43.5 cm³/mol. The highest BCUT2D eigenvalue weighted by molar-refractivity contribution is 7.80. The Hall–Kier alpha value is -0.380. The molecular weight excluding hydrogens is 150 g/mol. The van der Waals surface area contributed by atoms with Crippen LogP contribution in [0.25, 0.3) is 0 Å². The lowest BCUT2D eigenvalue weighted by Crippen LogP contribution is -2.19. The molecule has 0 aromatic carbocycles. The van der Waals surface area contributed by atoms with Crippen LogP contribution in [-0.4, -0.2) is 25.5 Å². The van der Waals surface area contributed by atoms with Crippen LogP contribution < -0.4 is 5.32 Å². The van der Waals surface area contributed by atoms with Gasteiger partial charge in [-0.2, -0.15) is 12.6 Å². The van der Waals surface area contributed by atoms with Crippen LogP contribution in [0, 0.1) is 0 Å². The van der Waals surface area contributed by atoms with E-state index < -0.39 is 0 Å². The Morgan fingerprint density at radius 3 is 2.80 bits per heavy atom. The molecule has 1 N–H and O–H groups in total. The van der Waals surface area contributed by atoms with Crippen molar-refractivity contribution in [2.24, 2.45) is 0 Å². The van der Waals surface area contributed by atoms with E-state index in [0.29, 0.717) is 6.61 Å². The third-order valence-electron chi connectivity index (χ3n) is 0.990. The van der Waals surface area contributed by atoms with Crippen LogP contribution in [0.5, 0.6) is 0 Å². The second-order valence-corrected chi connectivity index (χ2v) is 2.26. The van der Waals surface area contributed by atoms with Crippen molar-refractivity contribution < 1.29 is 9.53 Å². The third kappa shape index (κ3) is 5.75. The molecule has 0 rings (SSSR count). The summed E-state index contributed by atoms with van der Waals surface area (Å²) in [6.07, 6.45) is 1.51. The topological polar surface area (TPSA) is 38.3 Å². The number of rotatable bonds is 4. The normalized spacial score (nSPS) is 9.00. The van der Waals surface area contributed by atoms with Crippen LogP contribution in [0.3, 0.4) is 0 Å². The fourth-order valence-electron chi connectivity index (χ4n) is 0.451. The molecule has 0 fully saturated rings. The van der Waals surface area contributed by atoms with Gasteiger partial charge < -0.3 is 10.1 Å². The van der Waals surface area contributed by atoms with E-state index in [9.17, 15) is 4.79 Å². The summed E-state index contributed by atoms with van der Waals surface area (Å²) in [5.74, 6) is 0.844. The maximum atomic E-state index is 10.4. The molecule has 0 heterocycles. The van der Waals surface area contributed by atoms with Crippen LogP contribution in [0.15, 0.2) is 0 Å². The zero-order valence-corrected chi connectivity index (χ0v) is 6.99. The lowest BCUT2D eigenvalue weighted by molar-refractivity contribution is 0.147. The van der Waals surface area contributed by atoms with Crippen LogP contribution in [0.1, 0.15) is 12.8 Å². The molecule has 0 saturated heterocycles. The monoisotopic (exact) mass is 163 g/mol. The van der Waals surface area contributed by atoms with Crippen molar-refractivity contribution in [1.29, 1.82) is 0 Å². The van der Waals surface area contributed by atoms with Gasteiger partial charge in [-0.25, -0.2) is 4.79 Å². The van der Waals surface area contributed by atoms with Crippen LogP contribution in [0.4, 0.5) is 4.79 Å². The van der Waals surface area contributed by atoms with Crippen molar-refractivity contribution in [1.82, 2.24) is 5.32 Å². The van der Waals surface area contributed by atoms with E-state index >= 15 is 0 Å². The summed E-state index contributed by atoms with van der Waals surface area (Å²) in [6, 6.07) is 0. The molecule has 4 heteroatoms. The third-order valence-corrected chi connectivity index (χ3v) is 1.31. The van der Waals surface area contributed by atoms with E-state index in [2.05, 4.69) is 17.9 Å². The molecule has 0 spiro atoms. The second kappa shape index (κ2) is 6.74. The smallest absolute Gasteiger partial charge is 0.406 e. The number of nitrogens with one attached hydrogen (secondary N) is 1. The van der Waals surface area contributed by atoms with E-state index in [1.165, 1.54) is 0 Å². The fraction of sp³-hybridized carbons (Fsp3) is 0.833. The van der Waals surface area contributed by atoms with Gasteiger partial charge in [-0.15, -0.1) is 0 Å². The molecule has 10 heavy (non-hydrogen) atoms. The van der Waals surface area contributed by atoms with Gasteiger partial charge in [-0.3, -0.25) is 0 Å². The Morgan fingerprint density at radius 1 is 1.60 bits per heavy atom. The minimum atomic E-state index is -0.362. The van der Waals surface area contributed by atoms with Crippen molar-refractivity contribution in [3.8, 4) is 0 Å². The molecular formula is C6H13NO2S. The number of unbranched alkanes of at least 4 members (excludes halogenated alkanes) is 1. The van der Waals surface area contributed by atoms with Crippen LogP contribution >= 0.6 is 12.6 Å². The standard InChI is InChI=1S/C6H13NO2S/c1-7-6(8)9-4-2-3-5-10/h10H,2-5H2,1H3,(H,7,8). The molecule has 0 aromatic rings. The minimum absolute atomic E-state index is 0.362. The predicted octanol–water partition coefficient (Wildman–Crippen LogP) is 1.05. The van der Waals surface area contributed by atoms with Gasteiger partial charge in [0.25, 0.3) is 0 Å². The summed E-state index contributed by atoms with van der Waals surface area (Å²) in [5, 5.41) is 2.36. The summed E-state index contributed by atoms with van der Waals surface area (Å²) >= 11 is 4.01. The van der Waals surface area contributed by atoms with E-state index in [1.807, 2.05) is 0 Å². The number of ether oxygens (including phenoxy) is 1. The number of thiol groups is 1. The van der Waals surface area contributed by atoms with Gasteiger partial charge in [-0.1, -0.05) is 0 Å². The Morgan fingerprint density at radius 2 is 2.30 bits per heavy atom. The first-order valence-electron chi connectivity index (χ1n) is 3.26. The number of carbonyl (C=O) groups is 1. The van der Waals surface area contributed by atoms with Gasteiger partial charge in [-0.05, 0) is 18.6 Å². The highest BCUT2D eigenvalue weighted by Gasteiger charge is 1.94. The molecule has 0 radical (unpaired) electrons. The molecule has 0 aliphatic rings. The molecule has 0 saturated carbocycles. The number of amides is 1. The maximum absolute atomic E-state index is 10.4. The largest absolute Gasteiger partial charge is 0.450 e. The average molecular weight is 163 g/mol. The number of alkyl carbamates (subject to hydrolysis) is 1. The zero-order valence-electron chi connectivity index (χ0n) is 6.09. The quantitative estimate of drug-likeness (QED) is 0.480. The van der Waals surface area contributed by atoms with E-state index in [4.69, 9.17) is 4.74 Å². The lowest BCUT2D eigenvalue weighted by Gasteiger charge is -2.01. The number of carbonyl (C=O) groups excluding carboxylic acids is 1. The highest BCUT2D eigenvalue weighted by atomic mass is 32.1. The highest BCUT2D eigenvalue weighted by Crippen LogP contribution is 1.91. The first-order valence-corrected chi connectivity index (χ1v) is 3.90. The Bertz CT molecular complexity index is 97.7. The molecule has 60 valence electrons. The molecule has 0 bridgehead atoms. The molecule has 1 amide bonds. The van der Waals surface area contributed by atoms with E-state index in [0.717, 1.165) is 18.6 Å². The first-order chi connectivity index (χ1) is 4.81. The average Bonchev–Trinajstić information content (AvgIpc) is 1.98. The summed E-state index contributed by atoms with van der Waals surface area (Å²) in [7, 11) is 1.54. The summed E-state index contributed by atoms with van der Waals surface area (Å²) in [6.45, 7) is 0.486. The zero-order chi connectivity index (χ0) is 7.82. The van der Waals surface area contributed by atoms with Gasteiger partial charge in [0.1, 0.15) is 0 Å². The van der Waals surface area contributed by atoms with Crippen molar-refractivity contribution in [3.05, 3.63) is 0 Å². The molecule has 0 atom stereocenters. The fourth-order valence-corrected chi connectivity index (χ4v) is 0.675. The lowest BCUT2D eigenvalue weighted by atomic mass is 10.4. The maximum Gasteiger partial charge on any atom is 0.406 e. The molecule has 0 aromatic heterocycles. The summed E-state index contributed by atoms with van der Waals surface area (Å²) in [5.41, 5.74) is 0. The summed E-state index contributed by atoms with van der Waals surface area (Å²) < 4.78 is 4.71. The number of hydrogen-bond donors (Lipinski definition) is 2. The van der Waals surface area contributed by atoms with Crippen LogP contribution in [0.2, 0.25) is 0 Å². The Kier molecular flexibility index (Phi) is 6.48. The molecule has 0 aliphatic heterocycles. The first kappa shape index (κ1) is 9.62. The van der Waals surface area contributed by atoms with E-state index in [-0.39, 0.29) is 6.09 Å². The molecule has 0 aliphatic carbocycles. The van der Waals surface area contributed by atoms with E-state index in [1.54, 1.807) is 7.05 Å². The minimum Gasteiger partial charge on any atom is -0.450 e. The van der Waals surface area contributed by atoms with Crippen molar-refractivity contribution >= 4 is 18.7 Å². The summed E-state index contributed by atoms with van der Waals surface area (Å²) in [4.78, 5) is 10.4. The SMILES string of the molecule is CNC(=O)OCCCCS. The van der Waals surface area contributed by atoms with Crippen molar-refractivity contribution in [2.75, 3.05) is 19.4 Å². The Balaban J connectivity index is 2.96. The van der Waals surface area contributed by atoms with Crippen LogP contribution in [-0.2, 0) is 4.74 Å².